The van der Waals surface area contributed by atoms with Gasteiger partial charge in [0.25, 0.3) is 0 Å². The number of hydrogen-bond acceptors (Lipinski definition) is 1. The van der Waals surface area contributed by atoms with Crippen LogP contribution in [0.5, 0.6) is 0 Å². The van der Waals surface area contributed by atoms with E-state index in [-0.39, 0.29) is 10.8 Å². The lowest BCUT2D eigenvalue weighted by Crippen LogP contribution is -2.32. The Kier molecular flexibility index (Phi) is 4.14. The molecular weight excluding hydrogens is 292 g/mol. The van der Waals surface area contributed by atoms with Crippen molar-refractivity contribution < 1.29 is 0 Å². The number of allylic oxidation sites excluding steroid dienone is 6. The quantitative estimate of drug-likeness (QED) is 0.628. The molecule has 1 aliphatic carbocycles. The summed E-state index contributed by atoms with van der Waals surface area (Å²) in [6.07, 6.45) is 16.9. The van der Waals surface area contributed by atoms with E-state index in [1.165, 1.54) is 36.4 Å². The van der Waals surface area contributed by atoms with E-state index in [2.05, 4.69) is 82.7 Å². The summed E-state index contributed by atoms with van der Waals surface area (Å²) in [6.45, 7) is 15.1. The van der Waals surface area contributed by atoms with Crippen LogP contribution >= 0.6 is 0 Å². The number of nitrogens with zero attached hydrogens (tertiary/aromatic N) is 2. The molecule has 1 aromatic rings. The van der Waals surface area contributed by atoms with Crippen molar-refractivity contribution in [3.8, 4) is 0 Å². The summed E-state index contributed by atoms with van der Waals surface area (Å²) in [6, 6.07) is 0. The lowest BCUT2D eigenvalue weighted by Gasteiger charge is -2.37. The SMILES string of the molecule is CC1(C)C=CC=CC(c2cnc3n2CCCC(C)(C)CC3(C)C)=C1. The van der Waals surface area contributed by atoms with Crippen LogP contribution in [0, 0.1) is 10.8 Å². The average molecular weight is 325 g/mol. The predicted molar refractivity (Wildman–Crippen MR) is 103 cm³/mol. The number of imidazole rings is 1. The Bertz CT molecular complexity index is 708. The van der Waals surface area contributed by atoms with Crippen LogP contribution in [-0.2, 0) is 12.0 Å². The van der Waals surface area contributed by atoms with Crippen LogP contribution in [-0.4, -0.2) is 9.55 Å². The fourth-order valence-corrected chi connectivity index (χ4v) is 4.57. The molecule has 0 unspecified atom stereocenters. The number of hydrogen-bond donors (Lipinski definition) is 0. The van der Waals surface area contributed by atoms with Crippen molar-refractivity contribution in [3.05, 3.63) is 48.1 Å². The molecule has 2 heteroatoms. The zero-order valence-corrected chi connectivity index (χ0v) is 16.2. The summed E-state index contributed by atoms with van der Waals surface area (Å²) < 4.78 is 2.48. The first-order valence-electron chi connectivity index (χ1n) is 9.25. The molecule has 0 saturated carbocycles. The van der Waals surface area contributed by atoms with Crippen molar-refractivity contribution in [3.63, 3.8) is 0 Å². The molecule has 0 aromatic carbocycles. The largest absolute Gasteiger partial charge is 0.328 e. The molecule has 1 aliphatic heterocycles. The van der Waals surface area contributed by atoms with E-state index in [0.29, 0.717) is 5.41 Å². The normalized spacial score (nSPS) is 24.5. The van der Waals surface area contributed by atoms with Gasteiger partial charge >= 0.3 is 0 Å². The Morgan fingerprint density at radius 2 is 1.79 bits per heavy atom. The van der Waals surface area contributed by atoms with Gasteiger partial charge in [0.1, 0.15) is 5.82 Å². The molecule has 24 heavy (non-hydrogen) atoms. The highest BCUT2D eigenvalue weighted by atomic mass is 15.1. The maximum absolute atomic E-state index is 4.90. The van der Waals surface area contributed by atoms with Crippen molar-refractivity contribution in [2.24, 2.45) is 10.8 Å². The topological polar surface area (TPSA) is 17.8 Å². The zero-order chi connectivity index (χ0) is 17.6. The lowest BCUT2D eigenvalue weighted by molar-refractivity contribution is 0.205. The fourth-order valence-electron chi connectivity index (χ4n) is 4.57. The van der Waals surface area contributed by atoms with Crippen LogP contribution in [0.15, 0.2) is 36.6 Å². The maximum atomic E-state index is 4.90. The minimum atomic E-state index is 0.0721. The van der Waals surface area contributed by atoms with Crippen LogP contribution in [0.4, 0.5) is 0 Å². The Morgan fingerprint density at radius 1 is 1.04 bits per heavy atom. The van der Waals surface area contributed by atoms with E-state index in [1.54, 1.807) is 0 Å². The van der Waals surface area contributed by atoms with E-state index in [9.17, 15) is 0 Å². The van der Waals surface area contributed by atoms with Crippen molar-refractivity contribution in [1.82, 2.24) is 9.55 Å². The standard InChI is InChI=1S/C22H32N2/c1-20(2)11-8-7-10-17(14-20)18-15-23-19-22(5,6)16-21(3,4)12-9-13-24(18)19/h7-8,10-11,14-15H,9,12-13,16H2,1-6H3. The molecule has 2 aliphatic rings. The molecule has 0 saturated heterocycles. The van der Waals surface area contributed by atoms with Crippen molar-refractivity contribution in [2.75, 3.05) is 0 Å². The number of rotatable bonds is 1. The zero-order valence-electron chi connectivity index (χ0n) is 16.2. The molecule has 0 spiro atoms. The highest BCUT2D eigenvalue weighted by Gasteiger charge is 2.36. The van der Waals surface area contributed by atoms with Gasteiger partial charge in [-0.25, -0.2) is 4.98 Å². The van der Waals surface area contributed by atoms with Gasteiger partial charge in [0.05, 0.1) is 11.9 Å². The van der Waals surface area contributed by atoms with Gasteiger partial charge in [0, 0.05) is 17.4 Å². The molecule has 0 amide bonds. The summed E-state index contributed by atoms with van der Waals surface area (Å²) in [7, 11) is 0. The summed E-state index contributed by atoms with van der Waals surface area (Å²) in [5.74, 6) is 1.24. The van der Waals surface area contributed by atoms with Gasteiger partial charge in [-0.2, -0.15) is 0 Å². The molecule has 130 valence electrons. The van der Waals surface area contributed by atoms with Gasteiger partial charge in [-0.1, -0.05) is 71.9 Å². The molecule has 0 radical (unpaired) electrons. The summed E-state index contributed by atoms with van der Waals surface area (Å²) in [5.41, 5.74) is 3.12. The Balaban J connectivity index is 2.07. The monoisotopic (exact) mass is 324 g/mol. The van der Waals surface area contributed by atoms with Gasteiger partial charge in [0.2, 0.25) is 0 Å². The number of aromatic nitrogens is 2. The number of fused-ring (bicyclic) bond motifs is 1. The van der Waals surface area contributed by atoms with E-state index in [1.807, 2.05) is 0 Å². The molecule has 1 aromatic heterocycles. The average Bonchev–Trinajstić information content (AvgIpc) is 2.75. The van der Waals surface area contributed by atoms with Gasteiger partial charge in [-0.15, -0.1) is 0 Å². The molecule has 0 bridgehead atoms. The van der Waals surface area contributed by atoms with E-state index in [0.717, 1.165) is 6.54 Å². The van der Waals surface area contributed by atoms with Crippen LogP contribution in [0.2, 0.25) is 0 Å². The summed E-state index contributed by atoms with van der Waals surface area (Å²) in [5, 5.41) is 0. The minimum Gasteiger partial charge on any atom is -0.328 e. The summed E-state index contributed by atoms with van der Waals surface area (Å²) in [4.78, 5) is 4.90. The lowest BCUT2D eigenvalue weighted by atomic mass is 9.71. The third-order valence-electron chi connectivity index (χ3n) is 5.35. The van der Waals surface area contributed by atoms with E-state index in [4.69, 9.17) is 4.98 Å². The summed E-state index contributed by atoms with van der Waals surface area (Å²) >= 11 is 0. The first kappa shape index (κ1) is 17.3. The van der Waals surface area contributed by atoms with Crippen molar-refractivity contribution in [2.45, 2.75) is 72.8 Å². The third-order valence-corrected chi connectivity index (χ3v) is 5.35. The smallest absolute Gasteiger partial charge is 0.114 e. The van der Waals surface area contributed by atoms with Crippen molar-refractivity contribution in [1.29, 1.82) is 0 Å². The molecule has 0 atom stereocenters. The minimum absolute atomic E-state index is 0.0721. The van der Waals surface area contributed by atoms with E-state index < -0.39 is 0 Å². The van der Waals surface area contributed by atoms with Crippen LogP contribution < -0.4 is 0 Å². The van der Waals surface area contributed by atoms with Gasteiger partial charge in [0.15, 0.2) is 0 Å². The highest BCUT2D eigenvalue weighted by Crippen LogP contribution is 2.42. The second kappa shape index (κ2) is 5.75. The van der Waals surface area contributed by atoms with Gasteiger partial charge in [-0.3, -0.25) is 0 Å². The second-order valence-electron chi connectivity index (χ2n) is 9.59. The first-order chi connectivity index (χ1) is 11.1. The molecule has 0 N–H and O–H groups in total. The Morgan fingerprint density at radius 3 is 2.54 bits per heavy atom. The Labute approximate surface area is 147 Å². The molecular formula is C22H32N2. The van der Waals surface area contributed by atoms with Crippen LogP contribution in [0.3, 0.4) is 0 Å². The molecule has 0 fully saturated rings. The van der Waals surface area contributed by atoms with Crippen molar-refractivity contribution >= 4 is 5.57 Å². The van der Waals surface area contributed by atoms with Crippen LogP contribution in [0.1, 0.15) is 72.3 Å². The third kappa shape index (κ3) is 3.43. The molecule has 2 nitrogen and oxygen atoms in total. The van der Waals surface area contributed by atoms with Gasteiger partial charge < -0.3 is 4.57 Å². The van der Waals surface area contributed by atoms with Crippen LogP contribution in [0.25, 0.3) is 5.57 Å². The van der Waals surface area contributed by atoms with Gasteiger partial charge in [-0.05, 0) is 30.3 Å². The molecule has 3 rings (SSSR count). The maximum Gasteiger partial charge on any atom is 0.114 e. The highest BCUT2D eigenvalue weighted by molar-refractivity contribution is 5.74. The fraction of sp³-hybridized carbons (Fsp3) is 0.591. The predicted octanol–water partition coefficient (Wildman–Crippen LogP) is 5.91. The first-order valence-corrected chi connectivity index (χ1v) is 9.25. The van der Waals surface area contributed by atoms with E-state index >= 15 is 0 Å². The second-order valence-corrected chi connectivity index (χ2v) is 9.59. The Hall–Kier alpha value is -1.57. The molecule has 2 heterocycles.